The number of aromatic nitrogens is 1. The number of methoxy groups -OCH3 is 1. The number of ether oxygens (including phenoxy) is 2. The van der Waals surface area contributed by atoms with Crippen molar-refractivity contribution in [2.24, 2.45) is 4.99 Å². The molecule has 0 saturated carbocycles. The third-order valence-corrected chi connectivity index (χ3v) is 7.60. The molecule has 0 bridgehead atoms. The van der Waals surface area contributed by atoms with Crippen molar-refractivity contribution in [3.63, 3.8) is 0 Å². The summed E-state index contributed by atoms with van der Waals surface area (Å²) in [6, 6.07) is 37.0. The number of guanidine groups is 1. The summed E-state index contributed by atoms with van der Waals surface area (Å²) >= 11 is 0. The van der Waals surface area contributed by atoms with E-state index in [0.717, 1.165) is 24.0 Å². The molecule has 1 N–H and O–H groups in total. The second-order valence-electron chi connectivity index (χ2n) is 10.1. The maximum Gasteiger partial charge on any atom is 0.250 e. The highest BCUT2D eigenvalue weighted by molar-refractivity contribution is 5.90. The number of nitrogens with one attached hydrogen (secondary N) is 1. The van der Waals surface area contributed by atoms with E-state index < -0.39 is 6.23 Å². The molecule has 7 heteroatoms. The Labute approximate surface area is 238 Å². The molecule has 2 unspecified atom stereocenters. The first-order valence-electron chi connectivity index (χ1n) is 13.8. The summed E-state index contributed by atoms with van der Waals surface area (Å²) in [6.07, 6.45) is 0.292. The van der Waals surface area contributed by atoms with Gasteiger partial charge < -0.3 is 24.1 Å². The second kappa shape index (κ2) is 10.9. The van der Waals surface area contributed by atoms with Crippen LogP contribution < -0.4 is 5.32 Å². The Morgan fingerprint density at radius 1 is 0.878 bits per heavy atom. The molecule has 0 radical (unpaired) electrons. The fourth-order valence-corrected chi connectivity index (χ4v) is 5.64. The molecule has 2 aliphatic heterocycles. The number of para-hydroxylation sites is 2. The zero-order valence-electron chi connectivity index (χ0n) is 22.7. The highest BCUT2D eigenvalue weighted by Crippen LogP contribution is 2.37. The predicted octanol–water partition coefficient (Wildman–Crippen LogP) is 6.29. The zero-order chi connectivity index (χ0) is 27.6. The molecular weight excluding hydrogens is 512 g/mol. The van der Waals surface area contributed by atoms with E-state index in [0.29, 0.717) is 35.5 Å². The first-order chi connectivity index (χ1) is 20.3. The van der Waals surface area contributed by atoms with Gasteiger partial charge in [-0.15, -0.1) is 0 Å². The van der Waals surface area contributed by atoms with Crippen LogP contribution in [-0.4, -0.2) is 35.7 Å². The van der Waals surface area contributed by atoms with Gasteiger partial charge in [-0.2, -0.15) is 0 Å². The van der Waals surface area contributed by atoms with Gasteiger partial charge in [0, 0.05) is 6.54 Å². The summed E-state index contributed by atoms with van der Waals surface area (Å²) in [5.74, 6) is 1.60. The number of hydrogen-bond acceptors (Lipinski definition) is 7. The van der Waals surface area contributed by atoms with Crippen LogP contribution in [0.1, 0.15) is 34.2 Å². The summed E-state index contributed by atoms with van der Waals surface area (Å²) < 4.78 is 18.6. The molecule has 5 aromatic rings. The van der Waals surface area contributed by atoms with E-state index in [4.69, 9.17) is 23.9 Å². The summed E-state index contributed by atoms with van der Waals surface area (Å²) in [4.78, 5) is 12.2. The minimum atomic E-state index is -0.605. The highest BCUT2D eigenvalue weighted by atomic mass is 16.5. The second-order valence-corrected chi connectivity index (χ2v) is 10.1. The Balaban J connectivity index is 1.34. The van der Waals surface area contributed by atoms with Crippen LogP contribution >= 0.6 is 0 Å². The molecule has 0 aliphatic carbocycles. The Bertz CT molecular complexity index is 1700. The van der Waals surface area contributed by atoms with Crippen LogP contribution in [0.25, 0.3) is 16.8 Å². The van der Waals surface area contributed by atoms with Gasteiger partial charge in [0.15, 0.2) is 23.3 Å². The molecule has 2 aliphatic rings. The van der Waals surface area contributed by atoms with Gasteiger partial charge in [0.2, 0.25) is 11.9 Å². The van der Waals surface area contributed by atoms with Crippen LogP contribution in [0.4, 0.5) is 0 Å². The average molecular weight is 543 g/mol. The highest BCUT2D eigenvalue weighted by Gasteiger charge is 2.37. The Kier molecular flexibility index (Phi) is 6.70. The van der Waals surface area contributed by atoms with E-state index in [1.807, 2.05) is 60.7 Å². The smallest absolute Gasteiger partial charge is 0.250 e. The molecule has 0 spiro atoms. The van der Waals surface area contributed by atoms with Crippen molar-refractivity contribution in [3.8, 4) is 0 Å². The summed E-state index contributed by atoms with van der Waals surface area (Å²) in [5.41, 5.74) is 6.83. The Morgan fingerprint density at radius 2 is 1.61 bits per heavy atom. The molecule has 0 fully saturated rings. The van der Waals surface area contributed by atoms with E-state index in [1.165, 1.54) is 16.7 Å². The first kappa shape index (κ1) is 25.1. The van der Waals surface area contributed by atoms with E-state index >= 15 is 0 Å². The van der Waals surface area contributed by atoms with E-state index in [1.54, 1.807) is 7.11 Å². The molecule has 3 heterocycles. The summed E-state index contributed by atoms with van der Waals surface area (Å²) in [7, 11) is 1.63. The van der Waals surface area contributed by atoms with Gasteiger partial charge in [-0.25, -0.2) is 9.98 Å². The quantitative estimate of drug-likeness (QED) is 0.272. The van der Waals surface area contributed by atoms with Gasteiger partial charge >= 0.3 is 0 Å². The average Bonchev–Trinajstić information content (AvgIpc) is 3.48. The summed E-state index contributed by atoms with van der Waals surface area (Å²) in [6.45, 7) is 1.17. The normalized spacial score (nSPS) is 18.6. The maximum atomic E-state index is 6.46. The van der Waals surface area contributed by atoms with Crippen LogP contribution in [-0.2, 0) is 22.5 Å². The third kappa shape index (κ3) is 4.85. The lowest BCUT2D eigenvalue weighted by Crippen LogP contribution is -2.53. The molecule has 41 heavy (non-hydrogen) atoms. The number of rotatable bonds is 6. The van der Waals surface area contributed by atoms with Crippen LogP contribution in [0.3, 0.4) is 0 Å². The minimum Gasteiger partial charge on any atom is -0.494 e. The largest absolute Gasteiger partial charge is 0.494 e. The molecule has 7 nitrogen and oxygen atoms in total. The number of oxazole rings is 1. The van der Waals surface area contributed by atoms with Gasteiger partial charge in [0.05, 0.1) is 19.8 Å². The monoisotopic (exact) mass is 542 g/mol. The van der Waals surface area contributed by atoms with Gasteiger partial charge in [-0.1, -0.05) is 97.1 Å². The molecule has 4 aromatic carbocycles. The number of fused-ring (bicyclic) bond motifs is 2. The number of hydrogen-bond donors (Lipinski definition) is 1. The molecule has 0 amide bonds. The Morgan fingerprint density at radius 3 is 2.41 bits per heavy atom. The van der Waals surface area contributed by atoms with Crippen LogP contribution in [0, 0.1) is 0 Å². The predicted molar refractivity (Wildman–Crippen MR) is 159 cm³/mol. The van der Waals surface area contributed by atoms with E-state index in [2.05, 4.69) is 58.7 Å². The third-order valence-electron chi connectivity index (χ3n) is 7.60. The topological polar surface area (TPSA) is 72.1 Å². The summed E-state index contributed by atoms with van der Waals surface area (Å²) in [5, 5.41) is 3.56. The molecule has 7 rings (SSSR count). The van der Waals surface area contributed by atoms with Gasteiger partial charge in [-0.05, 0) is 40.8 Å². The van der Waals surface area contributed by atoms with Crippen LogP contribution in [0.2, 0.25) is 0 Å². The standard InChI is InChI=1S/C34H30N4O3/c1-39-31-29(32-35-27-18-10-11-19-28(27)41-32)36-34(37-33(31)40-22-23-12-4-2-5-13-23)38-21-20-24-14-8-9-17-26(24)30(38)25-15-6-3-7-16-25/h2-19,30,33H,20-22H2,1H3,(H,36,37). The van der Waals surface area contributed by atoms with Crippen molar-refractivity contribution < 1.29 is 13.9 Å². The van der Waals surface area contributed by atoms with Gasteiger partial charge in [0.1, 0.15) is 5.52 Å². The lowest BCUT2D eigenvalue weighted by molar-refractivity contribution is 0.0162. The lowest BCUT2D eigenvalue weighted by atomic mass is 9.88. The minimum absolute atomic E-state index is 0.0313. The van der Waals surface area contributed by atoms with Gasteiger partial charge in [-0.3, -0.25) is 0 Å². The number of benzene rings is 4. The number of aliphatic imine (C=N–C) groups is 1. The van der Waals surface area contributed by atoms with Crippen molar-refractivity contribution in [1.29, 1.82) is 0 Å². The van der Waals surface area contributed by atoms with Gasteiger partial charge in [0.25, 0.3) is 0 Å². The molecule has 1 aromatic heterocycles. The Hall–Kier alpha value is -4.88. The van der Waals surface area contributed by atoms with Crippen molar-refractivity contribution in [2.45, 2.75) is 25.3 Å². The van der Waals surface area contributed by atoms with Crippen molar-refractivity contribution in [2.75, 3.05) is 13.7 Å². The molecule has 204 valence electrons. The lowest BCUT2D eigenvalue weighted by Gasteiger charge is -2.41. The first-order valence-corrected chi connectivity index (χ1v) is 13.8. The number of nitrogens with zero attached hydrogens (tertiary/aromatic N) is 3. The van der Waals surface area contributed by atoms with Crippen molar-refractivity contribution in [1.82, 2.24) is 15.2 Å². The molecule has 2 atom stereocenters. The zero-order valence-corrected chi connectivity index (χ0v) is 22.7. The SMILES string of the molecule is COC1=C(c2nc3ccccc3o2)N=C(N2CCc3ccccc3C2c2ccccc2)NC1OCc1ccccc1. The van der Waals surface area contributed by atoms with E-state index in [-0.39, 0.29) is 6.04 Å². The maximum absolute atomic E-state index is 6.46. The van der Waals surface area contributed by atoms with Crippen molar-refractivity contribution in [3.05, 3.63) is 143 Å². The molecular formula is C34H30N4O3. The molecule has 0 saturated heterocycles. The van der Waals surface area contributed by atoms with E-state index in [9.17, 15) is 0 Å². The van der Waals surface area contributed by atoms with Crippen molar-refractivity contribution >= 4 is 22.8 Å². The fourth-order valence-electron chi connectivity index (χ4n) is 5.64. The van der Waals surface area contributed by atoms with Crippen LogP contribution in [0.15, 0.2) is 124 Å². The fraction of sp³-hybridized carbons (Fsp3) is 0.176. The van der Waals surface area contributed by atoms with Crippen LogP contribution in [0.5, 0.6) is 0 Å².